The third-order valence-electron chi connectivity index (χ3n) is 3.62. The first-order chi connectivity index (χ1) is 11.6. The topological polar surface area (TPSA) is 84.2 Å². The van der Waals surface area contributed by atoms with Crippen LogP contribution in [0.25, 0.3) is 0 Å². The third-order valence-corrected chi connectivity index (χ3v) is 3.62. The highest BCUT2D eigenvalue weighted by Crippen LogP contribution is 2.12. The molecule has 0 heterocycles. The summed E-state index contributed by atoms with van der Waals surface area (Å²) in [5, 5.41) is 5.65. The van der Waals surface area contributed by atoms with Crippen LogP contribution >= 0.6 is 12.4 Å². The van der Waals surface area contributed by atoms with Crippen LogP contribution < -0.4 is 16.4 Å². The number of nitrogens with two attached hydrogens (primary N) is 1. The molecule has 0 aliphatic heterocycles. The Hall–Kier alpha value is -2.37. The molecular formula is C19H24ClN3O2. The van der Waals surface area contributed by atoms with Gasteiger partial charge < -0.3 is 16.4 Å². The van der Waals surface area contributed by atoms with Crippen LogP contribution in [0, 0.1) is 0 Å². The number of hydrogen-bond donors (Lipinski definition) is 3. The average molecular weight is 362 g/mol. The second kappa shape index (κ2) is 10.5. The molecule has 0 fully saturated rings. The molecule has 2 rings (SSSR count). The predicted molar refractivity (Wildman–Crippen MR) is 102 cm³/mol. The largest absolute Gasteiger partial charge is 0.350 e. The van der Waals surface area contributed by atoms with Crippen LogP contribution in [0.4, 0.5) is 5.69 Å². The van der Waals surface area contributed by atoms with Crippen LogP contribution in [-0.2, 0) is 16.1 Å². The number of anilines is 1. The van der Waals surface area contributed by atoms with Crippen molar-refractivity contribution in [3.8, 4) is 0 Å². The number of carbonyl (C=O) groups excluding carboxylic acids is 2. The Morgan fingerprint density at radius 1 is 1.04 bits per heavy atom. The molecule has 134 valence electrons. The summed E-state index contributed by atoms with van der Waals surface area (Å²) in [6.45, 7) is 2.36. The Balaban J connectivity index is 0.00000312. The maximum Gasteiger partial charge on any atom is 0.241 e. The average Bonchev–Trinajstić information content (AvgIpc) is 2.61. The molecule has 0 spiro atoms. The standard InChI is InChI=1S/C19H23N3O2.ClH/c1-2-6-17(23)22-16-11-9-14(10-12-16)13-21-19(24)18(20)15-7-4-3-5-8-15;/h3-5,7-12,18H,2,6,13,20H2,1H3,(H,21,24)(H,22,23);1H. The highest BCUT2D eigenvalue weighted by Gasteiger charge is 2.14. The van der Waals surface area contributed by atoms with Gasteiger partial charge >= 0.3 is 0 Å². The third kappa shape index (κ3) is 6.57. The van der Waals surface area contributed by atoms with E-state index in [1.54, 1.807) is 0 Å². The number of benzene rings is 2. The van der Waals surface area contributed by atoms with Gasteiger partial charge in [-0.3, -0.25) is 9.59 Å². The molecule has 1 atom stereocenters. The molecule has 0 aromatic heterocycles. The minimum Gasteiger partial charge on any atom is -0.350 e. The van der Waals surface area contributed by atoms with Crippen molar-refractivity contribution in [2.24, 2.45) is 5.73 Å². The van der Waals surface area contributed by atoms with Gasteiger partial charge in [0.05, 0.1) is 0 Å². The van der Waals surface area contributed by atoms with Gasteiger partial charge in [-0.1, -0.05) is 49.4 Å². The number of amides is 2. The van der Waals surface area contributed by atoms with Crippen molar-refractivity contribution in [3.05, 3.63) is 65.7 Å². The molecule has 5 nitrogen and oxygen atoms in total. The highest BCUT2D eigenvalue weighted by molar-refractivity contribution is 5.90. The Kier molecular flexibility index (Phi) is 8.67. The molecule has 2 amide bonds. The molecule has 0 saturated carbocycles. The van der Waals surface area contributed by atoms with Gasteiger partial charge in [-0.25, -0.2) is 0 Å². The quantitative estimate of drug-likeness (QED) is 0.708. The van der Waals surface area contributed by atoms with Crippen molar-refractivity contribution >= 4 is 29.9 Å². The van der Waals surface area contributed by atoms with E-state index in [4.69, 9.17) is 5.73 Å². The van der Waals surface area contributed by atoms with Crippen LogP contribution in [0.2, 0.25) is 0 Å². The van der Waals surface area contributed by atoms with E-state index in [2.05, 4.69) is 10.6 Å². The molecular weight excluding hydrogens is 338 g/mol. The summed E-state index contributed by atoms with van der Waals surface area (Å²) in [5.74, 6) is -0.214. The van der Waals surface area contributed by atoms with Gasteiger partial charge in [-0.15, -0.1) is 12.4 Å². The van der Waals surface area contributed by atoms with Crippen molar-refractivity contribution in [2.45, 2.75) is 32.4 Å². The van der Waals surface area contributed by atoms with Crippen LogP contribution in [0.1, 0.15) is 36.9 Å². The molecule has 6 heteroatoms. The molecule has 0 aliphatic carbocycles. The number of halogens is 1. The first-order valence-electron chi connectivity index (χ1n) is 8.07. The van der Waals surface area contributed by atoms with Crippen molar-refractivity contribution in [1.82, 2.24) is 5.32 Å². The fourth-order valence-electron chi connectivity index (χ4n) is 2.27. The normalized spacial score (nSPS) is 11.1. The van der Waals surface area contributed by atoms with Crippen molar-refractivity contribution in [2.75, 3.05) is 5.32 Å². The monoisotopic (exact) mass is 361 g/mol. The van der Waals surface area contributed by atoms with E-state index in [1.807, 2.05) is 61.5 Å². The molecule has 0 radical (unpaired) electrons. The van der Waals surface area contributed by atoms with E-state index in [0.717, 1.165) is 23.2 Å². The first-order valence-corrected chi connectivity index (χ1v) is 8.07. The van der Waals surface area contributed by atoms with Crippen molar-refractivity contribution in [1.29, 1.82) is 0 Å². The van der Waals surface area contributed by atoms with E-state index >= 15 is 0 Å². The first kappa shape index (κ1) is 20.7. The fourth-order valence-corrected chi connectivity index (χ4v) is 2.27. The Morgan fingerprint density at radius 2 is 1.68 bits per heavy atom. The van der Waals surface area contributed by atoms with Crippen LogP contribution in [-0.4, -0.2) is 11.8 Å². The molecule has 0 saturated heterocycles. The van der Waals surface area contributed by atoms with Gasteiger partial charge in [0.1, 0.15) is 6.04 Å². The van der Waals surface area contributed by atoms with E-state index in [-0.39, 0.29) is 24.2 Å². The maximum atomic E-state index is 12.1. The summed E-state index contributed by atoms with van der Waals surface area (Å²) in [6.07, 6.45) is 1.33. The van der Waals surface area contributed by atoms with Crippen molar-refractivity contribution < 1.29 is 9.59 Å². The lowest BCUT2D eigenvalue weighted by molar-refractivity contribution is -0.122. The van der Waals surface area contributed by atoms with Gasteiger partial charge in [0, 0.05) is 18.7 Å². The summed E-state index contributed by atoms with van der Waals surface area (Å²) in [6, 6.07) is 16.0. The minimum atomic E-state index is -0.682. The predicted octanol–water partition coefficient (Wildman–Crippen LogP) is 3.16. The lowest BCUT2D eigenvalue weighted by atomic mass is 10.1. The summed E-state index contributed by atoms with van der Waals surface area (Å²) in [4.78, 5) is 23.6. The van der Waals surface area contributed by atoms with E-state index < -0.39 is 6.04 Å². The molecule has 1 unspecified atom stereocenters. The molecule has 0 bridgehead atoms. The van der Waals surface area contributed by atoms with Crippen molar-refractivity contribution in [3.63, 3.8) is 0 Å². The van der Waals surface area contributed by atoms with Gasteiger partial charge in [0.25, 0.3) is 0 Å². The molecule has 2 aromatic rings. The molecule has 0 aliphatic rings. The SMILES string of the molecule is CCCC(=O)Nc1ccc(CNC(=O)C(N)c2ccccc2)cc1.Cl. The van der Waals surface area contributed by atoms with Gasteiger partial charge in [0.15, 0.2) is 0 Å². The summed E-state index contributed by atoms with van der Waals surface area (Å²) in [5.41, 5.74) is 8.43. The zero-order valence-electron chi connectivity index (χ0n) is 14.2. The zero-order chi connectivity index (χ0) is 17.4. The number of rotatable bonds is 7. The Labute approximate surface area is 154 Å². The highest BCUT2D eigenvalue weighted by atomic mass is 35.5. The molecule has 25 heavy (non-hydrogen) atoms. The van der Waals surface area contributed by atoms with E-state index in [0.29, 0.717) is 13.0 Å². The second-order valence-electron chi connectivity index (χ2n) is 5.60. The van der Waals surface area contributed by atoms with Gasteiger partial charge in [0.2, 0.25) is 11.8 Å². The summed E-state index contributed by atoms with van der Waals surface area (Å²) in [7, 11) is 0. The zero-order valence-corrected chi connectivity index (χ0v) is 15.0. The smallest absolute Gasteiger partial charge is 0.241 e. The summed E-state index contributed by atoms with van der Waals surface area (Å²) >= 11 is 0. The van der Waals surface area contributed by atoms with Gasteiger partial charge in [-0.05, 0) is 29.7 Å². The fraction of sp³-hybridized carbons (Fsp3) is 0.263. The molecule has 2 aromatic carbocycles. The number of nitrogens with one attached hydrogen (secondary N) is 2. The summed E-state index contributed by atoms with van der Waals surface area (Å²) < 4.78 is 0. The Morgan fingerprint density at radius 3 is 2.28 bits per heavy atom. The van der Waals surface area contributed by atoms with Crippen LogP contribution in [0.3, 0.4) is 0 Å². The van der Waals surface area contributed by atoms with Crippen LogP contribution in [0.15, 0.2) is 54.6 Å². The molecule has 4 N–H and O–H groups in total. The van der Waals surface area contributed by atoms with Gasteiger partial charge in [-0.2, -0.15) is 0 Å². The maximum absolute atomic E-state index is 12.1. The second-order valence-corrected chi connectivity index (χ2v) is 5.60. The minimum absolute atomic E-state index is 0. The lowest BCUT2D eigenvalue weighted by Gasteiger charge is -2.13. The number of carbonyl (C=O) groups is 2. The van der Waals surface area contributed by atoms with E-state index in [1.165, 1.54) is 0 Å². The Bertz CT molecular complexity index is 675. The lowest BCUT2D eigenvalue weighted by Crippen LogP contribution is -2.33. The van der Waals surface area contributed by atoms with Crippen LogP contribution in [0.5, 0.6) is 0 Å². The van der Waals surface area contributed by atoms with E-state index in [9.17, 15) is 9.59 Å². The number of hydrogen-bond acceptors (Lipinski definition) is 3.